The third-order valence-electron chi connectivity index (χ3n) is 10.3. The molecule has 0 amide bonds. The molecule has 5 rings (SSSR count). The van der Waals surface area contributed by atoms with Crippen molar-refractivity contribution >= 4 is 17.5 Å². The molecule has 0 unspecified atom stereocenters. The Morgan fingerprint density at radius 3 is 2.56 bits per heavy atom. The lowest BCUT2D eigenvalue weighted by atomic mass is 9.50. The Morgan fingerprint density at radius 1 is 1.21 bits per heavy atom. The summed E-state index contributed by atoms with van der Waals surface area (Å²) >= 11 is 0. The summed E-state index contributed by atoms with van der Waals surface area (Å²) in [6.45, 7) is 6.93. The number of allylic oxidation sites excluding steroid dienone is 4. The Hall–Kier alpha value is -1.83. The van der Waals surface area contributed by atoms with Gasteiger partial charge in [0.05, 0.1) is 23.0 Å². The average molecular weight is 473 g/mol. The van der Waals surface area contributed by atoms with Gasteiger partial charge in [-0.25, -0.2) is 0 Å². The third kappa shape index (κ3) is 3.09. The van der Waals surface area contributed by atoms with Crippen molar-refractivity contribution in [3.63, 3.8) is 0 Å². The Morgan fingerprint density at radius 2 is 1.91 bits per heavy atom. The van der Waals surface area contributed by atoms with Crippen molar-refractivity contribution in [2.75, 3.05) is 0 Å². The highest BCUT2D eigenvalue weighted by Crippen LogP contribution is 2.61. The fraction of sp³-hybridized carbons (Fsp3) is 0.741. The molecule has 0 aromatic rings. The molecule has 0 aromatic heterocycles. The Labute approximate surface area is 200 Å². The maximum Gasteiger partial charge on any atom is 0.309 e. The summed E-state index contributed by atoms with van der Waals surface area (Å²) in [5.41, 5.74) is -1.54. The van der Waals surface area contributed by atoms with Crippen LogP contribution in [0.25, 0.3) is 0 Å². The molecule has 34 heavy (non-hydrogen) atoms. The van der Waals surface area contributed by atoms with Gasteiger partial charge < -0.3 is 20.1 Å². The molecule has 2 saturated carbocycles. The van der Waals surface area contributed by atoms with Crippen LogP contribution in [0.1, 0.15) is 53.4 Å². The number of hydrogen-bond donors (Lipinski definition) is 3. The van der Waals surface area contributed by atoms with E-state index in [-0.39, 0.29) is 41.7 Å². The van der Waals surface area contributed by atoms with Crippen LogP contribution in [-0.4, -0.2) is 56.8 Å². The molecule has 0 aromatic carbocycles. The zero-order chi connectivity index (χ0) is 24.7. The fourth-order valence-corrected chi connectivity index (χ4v) is 8.02. The third-order valence-corrected chi connectivity index (χ3v) is 10.3. The number of aliphatic hydroxyl groups is 3. The van der Waals surface area contributed by atoms with Crippen LogP contribution in [0.2, 0.25) is 0 Å². The molecule has 3 N–H and O–H groups in total. The number of hydrogen-bond acceptors (Lipinski definition) is 7. The van der Waals surface area contributed by atoms with Gasteiger partial charge in [0.25, 0.3) is 0 Å². The van der Waals surface area contributed by atoms with Gasteiger partial charge in [0, 0.05) is 30.6 Å². The Balaban J connectivity index is 1.46. The smallest absolute Gasteiger partial charge is 0.309 e. The molecule has 4 aliphatic carbocycles. The molecule has 1 aliphatic heterocycles. The summed E-state index contributed by atoms with van der Waals surface area (Å²) in [6, 6.07) is 0. The Bertz CT molecular complexity index is 979. The lowest BCUT2D eigenvalue weighted by molar-refractivity contribution is -0.185. The van der Waals surface area contributed by atoms with Crippen LogP contribution in [0, 0.1) is 46.8 Å². The van der Waals surface area contributed by atoms with Gasteiger partial charge in [0.2, 0.25) is 0 Å². The van der Waals surface area contributed by atoms with Gasteiger partial charge in [0.15, 0.2) is 0 Å². The van der Waals surface area contributed by atoms with E-state index < -0.39 is 53.1 Å². The van der Waals surface area contributed by atoms with Crippen LogP contribution in [0.15, 0.2) is 23.8 Å². The van der Waals surface area contributed by atoms with Crippen LogP contribution in [0.5, 0.6) is 0 Å². The molecular weight excluding hydrogens is 436 g/mol. The largest absolute Gasteiger partial charge is 0.459 e. The van der Waals surface area contributed by atoms with Gasteiger partial charge >= 0.3 is 5.97 Å². The lowest BCUT2D eigenvalue weighted by Crippen LogP contribution is -2.59. The molecule has 3 fully saturated rings. The maximum atomic E-state index is 13.6. The number of fused-ring (bicyclic) bond motifs is 5. The molecule has 0 radical (unpaired) electrons. The molecule has 0 bridgehead atoms. The number of carbonyl (C=O) groups is 3. The molecule has 12 atom stereocenters. The van der Waals surface area contributed by atoms with Gasteiger partial charge in [-0.2, -0.15) is 0 Å². The molecule has 7 heteroatoms. The second-order valence-corrected chi connectivity index (χ2v) is 11.8. The average Bonchev–Trinajstić information content (AvgIpc) is 3.27. The summed E-state index contributed by atoms with van der Waals surface area (Å²) in [7, 11) is 0. The fourth-order valence-electron chi connectivity index (χ4n) is 8.02. The number of aliphatic hydroxyl groups excluding tert-OH is 2. The highest BCUT2D eigenvalue weighted by molar-refractivity contribution is 5.93. The summed E-state index contributed by atoms with van der Waals surface area (Å²) in [5.74, 6) is -2.80. The first-order valence-corrected chi connectivity index (χ1v) is 12.6. The molecular formula is C27H36O7. The van der Waals surface area contributed by atoms with E-state index in [1.807, 2.05) is 19.1 Å². The Kier molecular flexibility index (Phi) is 5.51. The molecule has 0 spiro atoms. The highest BCUT2D eigenvalue weighted by atomic mass is 16.6. The summed E-state index contributed by atoms with van der Waals surface area (Å²) < 4.78 is 5.39. The van der Waals surface area contributed by atoms with Crippen LogP contribution in [0.4, 0.5) is 0 Å². The molecule has 1 saturated heterocycles. The maximum absolute atomic E-state index is 13.6. The number of ether oxygens (including phenoxy) is 1. The van der Waals surface area contributed by atoms with Crippen LogP contribution >= 0.6 is 0 Å². The SMILES string of the molecule is C[C@H]1[C@H]([C@@H](O)[C@](C)(O)[C@@H]2[C@H]3C(=O)C[C@H]4[C@@H](CC=C5C=CCC(=O)[C@@]54C)[C@@H]3C[C@@H]2O)OC(=O)[C@@H]1C. The second-order valence-electron chi connectivity index (χ2n) is 11.8. The van der Waals surface area contributed by atoms with Crippen LogP contribution in [0.3, 0.4) is 0 Å². The topological polar surface area (TPSA) is 121 Å². The predicted molar refractivity (Wildman–Crippen MR) is 122 cm³/mol. The van der Waals surface area contributed by atoms with Gasteiger partial charge in [-0.3, -0.25) is 14.4 Å². The van der Waals surface area contributed by atoms with Gasteiger partial charge in [-0.1, -0.05) is 32.1 Å². The normalized spacial score (nSPS) is 48.4. The van der Waals surface area contributed by atoms with Crippen molar-refractivity contribution < 1.29 is 34.4 Å². The summed E-state index contributed by atoms with van der Waals surface area (Å²) in [5, 5.41) is 33.9. The zero-order valence-electron chi connectivity index (χ0n) is 20.3. The molecule has 1 heterocycles. The van der Waals surface area contributed by atoms with Gasteiger partial charge in [0.1, 0.15) is 23.8 Å². The first-order chi connectivity index (χ1) is 15.9. The van der Waals surface area contributed by atoms with Crippen molar-refractivity contribution in [2.45, 2.75) is 77.3 Å². The molecule has 186 valence electrons. The van der Waals surface area contributed by atoms with E-state index in [4.69, 9.17) is 4.74 Å². The standard InChI is InChI=1S/C27H36O7/c1-12-13(2)25(32)34-23(12)24(31)27(4,33)22-19(29)10-16-15-9-8-14-6-5-7-20(30)26(14,3)17(15)11-18(28)21(16)22/h5-6,8,12-13,15-17,19,21-24,29,31,33H,7,9-11H2,1-4H3/t12-,13-,15+,16+,17+,19+,21-,22+,23-,24-,26+,27-/m1/s1. The van der Waals surface area contributed by atoms with E-state index in [9.17, 15) is 29.7 Å². The number of rotatable bonds is 3. The number of cyclic esters (lactones) is 1. The monoisotopic (exact) mass is 472 g/mol. The minimum absolute atomic E-state index is 0.0442. The van der Waals surface area contributed by atoms with Crippen molar-refractivity contribution in [3.8, 4) is 0 Å². The summed E-state index contributed by atoms with van der Waals surface area (Å²) in [6.07, 6.45) is 4.33. The van der Waals surface area contributed by atoms with E-state index in [0.717, 1.165) is 12.0 Å². The van der Waals surface area contributed by atoms with Crippen LogP contribution in [-0.2, 0) is 19.1 Å². The minimum Gasteiger partial charge on any atom is -0.459 e. The van der Waals surface area contributed by atoms with Crippen molar-refractivity contribution in [2.24, 2.45) is 46.8 Å². The second kappa shape index (κ2) is 7.84. The van der Waals surface area contributed by atoms with Crippen molar-refractivity contribution in [1.82, 2.24) is 0 Å². The van der Waals surface area contributed by atoms with Crippen molar-refractivity contribution in [1.29, 1.82) is 0 Å². The van der Waals surface area contributed by atoms with E-state index in [2.05, 4.69) is 6.08 Å². The predicted octanol–water partition coefficient (Wildman–Crippen LogP) is 1.98. The quantitative estimate of drug-likeness (QED) is 0.537. The summed E-state index contributed by atoms with van der Waals surface area (Å²) in [4.78, 5) is 38.7. The number of ketones is 2. The van der Waals surface area contributed by atoms with Gasteiger partial charge in [-0.05, 0) is 50.0 Å². The van der Waals surface area contributed by atoms with E-state index in [1.54, 1.807) is 13.8 Å². The van der Waals surface area contributed by atoms with E-state index in [0.29, 0.717) is 12.8 Å². The number of Topliss-reactive ketones (excluding diaryl/α,β-unsaturated/α-hetero) is 2. The minimum atomic E-state index is -1.83. The highest BCUT2D eigenvalue weighted by Gasteiger charge is 2.65. The number of esters is 1. The zero-order valence-corrected chi connectivity index (χ0v) is 20.3. The molecule has 5 aliphatic rings. The van der Waals surface area contributed by atoms with Crippen LogP contribution < -0.4 is 0 Å². The lowest BCUT2D eigenvalue weighted by Gasteiger charge is -2.52. The number of carbonyl (C=O) groups excluding carboxylic acids is 3. The first-order valence-electron chi connectivity index (χ1n) is 12.6. The molecule has 7 nitrogen and oxygen atoms in total. The first kappa shape index (κ1) is 23.9. The van der Waals surface area contributed by atoms with Crippen molar-refractivity contribution in [3.05, 3.63) is 23.8 Å². The van der Waals surface area contributed by atoms with Gasteiger partial charge in [-0.15, -0.1) is 0 Å². The van der Waals surface area contributed by atoms with E-state index in [1.165, 1.54) is 6.92 Å². The van der Waals surface area contributed by atoms with E-state index >= 15 is 0 Å².